The third kappa shape index (κ3) is 12.5. The predicted molar refractivity (Wildman–Crippen MR) is 133 cm³/mol. The lowest BCUT2D eigenvalue weighted by molar-refractivity contribution is -0.140. The van der Waals surface area contributed by atoms with Gasteiger partial charge in [0.1, 0.15) is 0 Å². The molecular formula is C28H51NO2. The monoisotopic (exact) mass is 433 g/mol. The van der Waals surface area contributed by atoms with Gasteiger partial charge in [0.05, 0.1) is 6.04 Å². The Morgan fingerprint density at radius 2 is 1.13 bits per heavy atom. The number of hydrogen-bond donors (Lipinski definition) is 0. The lowest BCUT2D eigenvalue weighted by Crippen LogP contribution is -2.40. The number of unbranched alkanes of at least 4 members (excludes halogenated alkanes) is 15. The Balaban J connectivity index is 2.34. The van der Waals surface area contributed by atoms with Crippen molar-refractivity contribution in [3.05, 3.63) is 11.6 Å². The maximum atomic E-state index is 12.4. The van der Waals surface area contributed by atoms with Gasteiger partial charge in [-0.2, -0.15) is 0 Å². The van der Waals surface area contributed by atoms with Gasteiger partial charge in [0.25, 0.3) is 0 Å². The Labute approximate surface area is 193 Å². The zero-order valence-corrected chi connectivity index (χ0v) is 21.1. The van der Waals surface area contributed by atoms with Crippen molar-refractivity contribution in [2.45, 2.75) is 155 Å². The molecule has 0 aliphatic carbocycles. The van der Waals surface area contributed by atoms with Crippen molar-refractivity contribution in [3.8, 4) is 0 Å². The summed E-state index contributed by atoms with van der Waals surface area (Å²) in [7, 11) is 0. The average molecular weight is 434 g/mol. The van der Waals surface area contributed by atoms with E-state index in [0.717, 1.165) is 19.3 Å². The van der Waals surface area contributed by atoms with Gasteiger partial charge < -0.3 is 0 Å². The molecule has 1 aliphatic rings. The van der Waals surface area contributed by atoms with Crippen LogP contribution in [0, 0.1) is 0 Å². The van der Waals surface area contributed by atoms with Gasteiger partial charge in [-0.25, -0.2) is 0 Å². The van der Waals surface area contributed by atoms with Crippen molar-refractivity contribution in [1.82, 2.24) is 4.90 Å². The maximum Gasteiger partial charge on any atom is 0.230 e. The highest BCUT2D eigenvalue weighted by Gasteiger charge is 2.35. The second-order valence-corrected chi connectivity index (χ2v) is 9.65. The van der Waals surface area contributed by atoms with Gasteiger partial charge in [-0.05, 0) is 26.2 Å². The lowest BCUT2D eigenvalue weighted by Gasteiger charge is -2.27. The van der Waals surface area contributed by atoms with Crippen LogP contribution in [0.25, 0.3) is 0 Å². The summed E-state index contributed by atoms with van der Waals surface area (Å²) in [4.78, 5) is 26.3. The highest BCUT2D eigenvalue weighted by Crippen LogP contribution is 2.25. The summed E-state index contributed by atoms with van der Waals surface area (Å²) < 4.78 is 0. The average Bonchev–Trinajstić information content (AvgIpc) is 3.09. The van der Waals surface area contributed by atoms with E-state index in [2.05, 4.69) is 26.8 Å². The van der Waals surface area contributed by atoms with E-state index in [1.165, 1.54) is 102 Å². The fourth-order valence-electron chi connectivity index (χ4n) is 4.72. The molecule has 2 amide bonds. The third-order valence-corrected chi connectivity index (χ3v) is 6.78. The van der Waals surface area contributed by atoms with E-state index in [0.29, 0.717) is 12.8 Å². The molecule has 0 spiro atoms. The maximum absolute atomic E-state index is 12.4. The first kappa shape index (κ1) is 27.9. The van der Waals surface area contributed by atoms with Crippen LogP contribution in [0.4, 0.5) is 0 Å². The van der Waals surface area contributed by atoms with Gasteiger partial charge in [-0.1, -0.05) is 122 Å². The Bertz CT molecular complexity index is 495. The van der Waals surface area contributed by atoms with Crippen LogP contribution in [0.3, 0.4) is 0 Å². The number of nitrogens with zero attached hydrogens (tertiary/aromatic N) is 1. The summed E-state index contributed by atoms with van der Waals surface area (Å²) in [5.74, 6) is 0.0718. The molecule has 0 aromatic heterocycles. The molecule has 180 valence electrons. The molecular weight excluding hydrogens is 382 g/mol. The van der Waals surface area contributed by atoms with Gasteiger partial charge in [-0.3, -0.25) is 14.5 Å². The molecule has 0 N–H and O–H groups in total. The summed E-state index contributed by atoms with van der Waals surface area (Å²) in [6, 6.07) is -0.00305. The van der Waals surface area contributed by atoms with E-state index in [4.69, 9.17) is 0 Å². The van der Waals surface area contributed by atoms with Crippen LogP contribution in [0.15, 0.2) is 11.6 Å². The predicted octanol–water partition coefficient (Wildman–Crippen LogP) is 8.51. The summed E-state index contributed by atoms with van der Waals surface area (Å²) >= 11 is 0. The highest BCUT2D eigenvalue weighted by molar-refractivity contribution is 6.02. The largest absolute Gasteiger partial charge is 0.275 e. The van der Waals surface area contributed by atoms with Crippen LogP contribution in [0.1, 0.15) is 149 Å². The summed E-state index contributed by atoms with van der Waals surface area (Å²) in [5.41, 5.74) is 1.23. The summed E-state index contributed by atoms with van der Waals surface area (Å²) in [5, 5.41) is 0. The molecule has 0 bridgehead atoms. The fourth-order valence-corrected chi connectivity index (χ4v) is 4.72. The van der Waals surface area contributed by atoms with Gasteiger partial charge >= 0.3 is 0 Å². The van der Waals surface area contributed by atoms with Crippen LogP contribution in [0.5, 0.6) is 0 Å². The van der Waals surface area contributed by atoms with E-state index in [1.54, 1.807) is 4.90 Å². The van der Waals surface area contributed by atoms with Crippen LogP contribution in [-0.4, -0.2) is 22.8 Å². The Kier molecular flexibility index (Phi) is 16.6. The molecule has 1 unspecified atom stereocenters. The number of carbonyl (C=O) groups is 2. The van der Waals surface area contributed by atoms with Crippen LogP contribution in [-0.2, 0) is 9.59 Å². The van der Waals surface area contributed by atoms with Gasteiger partial charge in [0.2, 0.25) is 11.8 Å². The van der Waals surface area contributed by atoms with Crippen molar-refractivity contribution in [3.63, 3.8) is 0 Å². The van der Waals surface area contributed by atoms with E-state index < -0.39 is 0 Å². The fraction of sp³-hybridized carbons (Fsp3) is 0.857. The zero-order valence-electron chi connectivity index (χ0n) is 21.1. The summed E-state index contributed by atoms with van der Waals surface area (Å²) in [6.45, 7) is 6.65. The van der Waals surface area contributed by atoms with Gasteiger partial charge in [-0.15, -0.1) is 0 Å². The number of likely N-dealkylation sites (tertiary alicyclic amines) is 1. The minimum Gasteiger partial charge on any atom is -0.275 e. The standard InChI is InChI=1S/C28H51NO2/c1-4-6-8-10-12-13-14-15-16-18-20-22-26(29-27(30)23-24-28(29)31)25(3)21-19-17-11-9-7-5-2/h21,26H,4-20,22-24H2,1-3H3. The quantitative estimate of drug-likeness (QED) is 0.110. The summed E-state index contributed by atoms with van der Waals surface area (Å²) in [6.07, 6.45) is 26.1. The number of allylic oxidation sites excluding steroid dienone is 1. The van der Waals surface area contributed by atoms with Crippen molar-refractivity contribution in [1.29, 1.82) is 0 Å². The van der Waals surface area contributed by atoms with E-state index in [9.17, 15) is 9.59 Å². The first-order valence-corrected chi connectivity index (χ1v) is 13.6. The smallest absolute Gasteiger partial charge is 0.230 e. The molecule has 3 nitrogen and oxygen atoms in total. The SMILES string of the molecule is CCCCCCCC=C(C)C(CCCCCCCCCCCCC)N1C(=O)CCC1=O. The number of carbonyl (C=O) groups excluding carboxylic acids is 2. The number of imide groups is 1. The minimum atomic E-state index is -0.00305. The zero-order chi connectivity index (χ0) is 22.7. The number of rotatable bonds is 20. The van der Waals surface area contributed by atoms with E-state index >= 15 is 0 Å². The van der Waals surface area contributed by atoms with E-state index in [1.807, 2.05) is 0 Å². The normalized spacial score (nSPS) is 15.8. The molecule has 0 saturated carbocycles. The second kappa shape index (κ2) is 18.5. The number of amides is 2. The Hall–Kier alpha value is -1.12. The van der Waals surface area contributed by atoms with E-state index in [-0.39, 0.29) is 17.9 Å². The Morgan fingerprint density at radius 3 is 1.61 bits per heavy atom. The first-order chi connectivity index (χ1) is 15.1. The van der Waals surface area contributed by atoms with Crippen molar-refractivity contribution < 1.29 is 9.59 Å². The molecule has 1 rings (SSSR count). The molecule has 1 fully saturated rings. The van der Waals surface area contributed by atoms with Gasteiger partial charge in [0, 0.05) is 12.8 Å². The first-order valence-electron chi connectivity index (χ1n) is 13.6. The topological polar surface area (TPSA) is 37.4 Å². The third-order valence-electron chi connectivity index (χ3n) is 6.78. The Morgan fingerprint density at radius 1 is 0.710 bits per heavy atom. The number of hydrogen-bond acceptors (Lipinski definition) is 2. The second-order valence-electron chi connectivity index (χ2n) is 9.65. The lowest BCUT2D eigenvalue weighted by atomic mass is 9.97. The minimum absolute atomic E-state index is 0.00305. The molecule has 0 aromatic rings. The molecule has 1 atom stereocenters. The van der Waals surface area contributed by atoms with Crippen molar-refractivity contribution in [2.24, 2.45) is 0 Å². The molecule has 1 heterocycles. The molecule has 0 aromatic carbocycles. The molecule has 0 radical (unpaired) electrons. The van der Waals surface area contributed by atoms with Crippen LogP contribution < -0.4 is 0 Å². The molecule has 31 heavy (non-hydrogen) atoms. The highest BCUT2D eigenvalue weighted by atomic mass is 16.2. The van der Waals surface area contributed by atoms with Crippen molar-refractivity contribution >= 4 is 11.8 Å². The van der Waals surface area contributed by atoms with Crippen LogP contribution >= 0.6 is 0 Å². The van der Waals surface area contributed by atoms with Gasteiger partial charge in [0.15, 0.2) is 0 Å². The van der Waals surface area contributed by atoms with Crippen LogP contribution in [0.2, 0.25) is 0 Å². The molecule has 1 saturated heterocycles. The molecule has 1 aliphatic heterocycles. The van der Waals surface area contributed by atoms with Crippen molar-refractivity contribution in [2.75, 3.05) is 0 Å². The molecule has 3 heteroatoms.